The highest BCUT2D eigenvalue weighted by Gasteiger charge is 2.16. The number of benzene rings is 3. The van der Waals surface area contributed by atoms with Crippen molar-refractivity contribution < 1.29 is 28.1 Å². The van der Waals surface area contributed by atoms with Gasteiger partial charge < -0.3 is 28.1 Å². The molecule has 4 rings (SSSR count). The summed E-state index contributed by atoms with van der Waals surface area (Å²) in [6.07, 6.45) is 0. The Morgan fingerprint density at radius 3 is 2.06 bits per heavy atom. The molecule has 3 aromatic carbocycles. The lowest BCUT2D eigenvalue weighted by atomic mass is 10.0. The Bertz CT molecular complexity index is 1330. The van der Waals surface area contributed by atoms with E-state index in [9.17, 15) is 4.79 Å². The van der Waals surface area contributed by atoms with Crippen molar-refractivity contribution in [2.24, 2.45) is 0 Å². The Kier molecular flexibility index (Phi) is 5.81. The average molecular weight is 436 g/mol. The molecule has 0 bridgehead atoms. The summed E-state index contributed by atoms with van der Waals surface area (Å²) in [6.45, 7) is 2.13. The van der Waals surface area contributed by atoms with Crippen LogP contribution in [0.5, 0.6) is 28.7 Å². The van der Waals surface area contributed by atoms with Crippen LogP contribution in [0, 0.1) is 6.92 Å². The number of ether oxygens (including phenoxy) is 5. The lowest BCUT2D eigenvalue weighted by Crippen LogP contribution is -2.03. The molecule has 0 aliphatic rings. The van der Waals surface area contributed by atoms with Gasteiger partial charge in [0, 0.05) is 16.3 Å². The van der Waals surface area contributed by atoms with Crippen molar-refractivity contribution >= 4 is 21.7 Å². The normalized spacial score (nSPS) is 10.9. The molecule has 0 atom stereocenters. The Hall–Kier alpha value is -3.87. The van der Waals surface area contributed by atoms with E-state index in [1.54, 1.807) is 34.5 Å². The molecule has 1 heterocycles. The van der Waals surface area contributed by atoms with Gasteiger partial charge >= 0.3 is 5.63 Å². The SMILES string of the molecule is COc1ccc2c(c1)c(=O)oc1c(C)c(OCc3cc(OC)c(OC)c(OC)c3)ccc12. The van der Waals surface area contributed by atoms with E-state index in [0.29, 0.717) is 39.7 Å². The van der Waals surface area contributed by atoms with Crippen LogP contribution in [0.1, 0.15) is 11.1 Å². The maximum atomic E-state index is 12.6. The molecule has 0 aliphatic heterocycles. The van der Waals surface area contributed by atoms with E-state index in [0.717, 1.165) is 21.9 Å². The summed E-state index contributed by atoms with van der Waals surface area (Å²) >= 11 is 0. The van der Waals surface area contributed by atoms with E-state index in [1.165, 1.54) is 0 Å². The van der Waals surface area contributed by atoms with Crippen molar-refractivity contribution in [2.45, 2.75) is 13.5 Å². The van der Waals surface area contributed by atoms with Crippen LogP contribution in [0.2, 0.25) is 0 Å². The summed E-state index contributed by atoms with van der Waals surface area (Å²) in [4.78, 5) is 12.6. The second-order valence-electron chi connectivity index (χ2n) is 7.19. The maximum absolute atomic E-state index is 12.6. The average Bonchev–Trinajstić information content (AvgIpc) is 2.83. The van der Waals surface area contributed by atoms with E-state index in [2.05, 4.69) is 0 Å². The first-order valence-electron chi connectivity index (χ1n) is 9.96. The van der Waals surface area contributed by atoms with Crippen LogP contribution in [0.25, 0.3) is 21.7 Å². The molecule has 1 aromatic heterocycles. The fourth-order valence-corrected chi connectivity index (χ4v) is 3.76. The van der Waals surface area contributed by atoms with Crippen molar-refractivity contribution in [3.05, 3.63) is 64.0 Å². The fraction of sp³-hybridized carbons (Fsp3) is 0.240. The fourth-order valence-electron chi connectivity index (χ4n) is 3.76. The standard InChI is InChI=1S/C25H24O7/c1-14-20(31-13-15-10-21(28-3)24(30-5)22(11-15)29-4)9-8-18-17-7-6-16(27-2)12-19(17)25(26)32-23(14)18/h6-12H,13H2,1-5H3. The summed E-state index contributed by atoms with van der Waals surface area (Å²) in [6, 6.07) is 12.8. The highest BCUT2D eigenvalue weighted by molar-refractivity contribution is 6.06. The molecule has 0 spiro atoms. The predicted molar refractivity (Wildman–Crippen MR) is 122 cm³/mol. The van der Waals surface area contributed by atoms with Gasteiger partial charge in [-0.3, -0.25) is 0 Å². The molecule has 0 fully saturated rings. The molecule has 0 aliphatic carbocycles. The number of hydrogen-bond acceptors (Lipinski definition) is 7. The van der Waals surface area contributed by atoms with Crippen LogP contribution >= 0.6 is 0 Å². The van der Waals surface area contributed by atoms with Crippen molar-refractivity contribution in [1.29, 1.82) is 0 Å². The van der Waals surface area contributed by atoms with E-state index in [1.807, 2.05) is 43.3 Å². The molecule has 0 saturated heterocycles. The number of hydrogen-bond donors (Lipinski definition) is 0. The van der Waals surface area contributed by atoms with Crippen LogP contribution < -0.4 is 29.3 Å². The van der Waals surface area contributed by atoms with Gasteiger partial charge in [0.15, 0.2) is 11.5 Å². The Labute approximate surface area is 185 Å². The van der Waals surface area contributed by atoms with E-state index >= 15 is 0 Å². The van der Waals surface area contributed by atoms with Gasteiger partial charge in [-0.1, -0.05) is 0 Å². The second-order valence-corrected chi connectivity index (χ2v) is 7.19. The quantitative estimate of drug-likeness (QED) is 0.302. The summed E-state index contributed by atoms with van der Waals surface area (Å²) in [5.74, 6) is 2.83. The largest absolute Gasteiger partial charge is 0.497 e. The van der Waals surface area contributed by atoms with Gasteiger partial charge in [0.25, 0.3) is 0 Å². The van der Waals surface area contributed by atoms with Gasteiger partial charge in [0.2, 0.25) is 5.75 Å². The minimum Gasteiger partial charge on any atom is -0.497 e. The van der Waals surface area contributed by atoms with Crippen LogP contribution in [0.4, 0.5) is 0 Å². The summed E-state index contributed by atoms with van der Waals surface area (Å²) in [5, 5.41) is 2.11. The predicted octanol–water partition coefficient (Wildman–Crippen LogP) is 4.87. The summed E-state index contributed by atoms with van der Waals surface area (Å²) < 4.78 is 33.1. The molecule has 0 N–H and O–H groups in total. The van der Waals surface area contributed by atoms with E-state index in [4.69, 9.17) is 28.1 Å². The monoisotopic (exact) mass is 436 g/mol. The topological polar surface area (TPSA) is 76.4 Å². The Balaban J connectivity index is 1.71. The molecule has 166 valence electrons. The zero-order chi connectivity index (χ0) is 22.8. The van der Waals surface area contributed by atoms with Gasteiger partial charge in [0.1, 0.15) is 23.7 Å². The van der Waals surface area contributed by atoms with Crippen LogP contribution in [-0.4, -0.2) is 28.4 Å². The smallest absolute Gasteiger partial charge is 0.344 e. The molecular formula is C25H24O7. The molecule has 4 aromatic rings. The Morgan fingerprint density at radius 1 is 0.750 bits per heavy atom. The lowest BCUT2D eigenvalue weighted by molar-refractivity contribution is 0.297. The van der Waals surface area contributed by atoms with Gasteiger partial charge in [-0.05, 0) is 55.0 Å². The number of fused-ring (bicyclic) bond motifs is 3. The second kappa shape index (κ2) is 8.70. The van der Waals surface area contributed by atoms with Gasteiger partial charge in [0.05, 0.1) is 33.8 Å². The van der Waals surface area contributed by atoms with Gasteiger partial charge in [-0.2, -0.15) is 0 Å². The molecule has 0 radical (unpaired) electrons. The molecule has 0 amide bonds. The van der Waals surface area contributed by atoms with E-state index in [-0.39, 0.29) is 6.61 Å². The molecule has 0 unspecified atom stereocenters. The minimum atomic E-state index is -0.420. The van der Waals surface area contributed by atoms with Crippen LogP contribution in [0.3, 0.4) is 0 Å². The number of rotatable bonds is 7. The zero-order valence-corrected chi connectivity index (χ0v) is 18.6. The van der Waals surface area contributed by atoms with Crippen LogP contribution in [0.15, 0.2) is 51.7 Å². The first-order chi connectivity index (χ1) is 15.5. The first kappa shape index (κ1) is 21.4. The summed E-state index contributed by atoms with van der Waals surface area (Å²) in [7, 11) is 6.25. The van der Waals surface area contributed by atoms with Crippen molar-refractivity contribution in [3.8, 4) is 28.7 Å². The van der Waals surface area contributed by atoms with Crippen LogP contribution in [-0.2, 0) is 6.61 Å². The highest BCUT2D eigenvalue weighted by atomic mass is 16.5. The Morgan fingerprint density at radius 2 is 1.44 bits per heavy atom. The van der Waals surface area contributed by atoms with Gasteiger partial charge in [-0.15, -0.1) is 0 Å². The maximum Gasteiger partial charge on any atom is 0.344 e. The third-order valence-corrected chi connectivity index (χ3v) is 5.41. The third-order valence-electron chi connectivity index (χ3n) is 5.41. The number of aryl methyl sites for hydroxylation is 1. The van der Waals surface area contributed by atoms with E-state index < -0.39 is 5.63 Å². The third kappa shape index (κ3) is 3.66. The van der Waals surface area contributed by atoms with Crippen molar-refractivity contribution in [3.63, 3.8) is 0 Å². The summed E-state index contributed by atoms with van der Waals surface area (Å²) in [5.41, 5.74) is 1.65. The lowest BCUT2D eigenvalue weighted by Gasteiger charge is -2.15. The first-order valence-corrected chi connectivity index (χ1v) is 9.96. The zero-order valence-electron chi connectivity index (χ0n) is 18.6. The van der Waals surface area contributed by atoms with Crippen molar-refractivity contribution in [1.82, 2.24) is 0 Å². The molecule has 0 saturated carbocycles. The molecule has 7 nitrogen and oxygen atoms in total. The minimum absolute atomic E-state index is 0.262. The highest BCUT2D eigenvalue weighted by Crippen LogP contribution is 2.39. The molecular weight excluding hydrogens is 412 g/mol. The van der Waals surface area contributed by atoms with Crippen molar-refractivity contribution in [2.75, 3.05) is 28.4 Å². The molecule has 32 heavy (non-hydrogen) atoms. The number of methoxy groups -OCH3 is 4. The molecule has 7 heteroatoms. The van der Waals surface area contributed by atoms with Gasteiger partial charge in [-0.25, -0.2) is 4.79 Å².